The molecule has 3 rings (SSSR count). The molecule has 136 valence electrons. The van der Waals surface area contributed by atoms with Crippen molar-refractivity contribution in [2.75, 3.05) is 45.2 Å². The van der Waals surface area contributed by atoms with Crippen molar-refractivity contribution in [3.63, 3.8) is 0 Å². The summed E-state index contributed by atoms with van der Waals surface area (Å²) in [5.41, 5.74) is 7.78. The summed E-state index contributed by atoms with van der Waals surface area (Å²) < 4.78 is 25.1. The maximum Gasteiger partial charge on any atom is 0.166 e. The Labute approximate surface area is 153 Å². The lowest BCUT2D eigenvalue weighted by Gasteiger charge is -2.26. The van der Waals surface area contributed by atoms with Crippen molar-refractivity contribution in [3.8, 4) is 17.6 Å². The summed E-state index contributed by atoms with van der Waals surface area (Å²) in [5, 5.41) is 0. The lowest BCUT2D eigenvalue weighted by molar-refractivity contribution is 0.0357. The molecule has 1 aliphatic rings. The molecule has 0 saturated carbocycles. The normalized spacial score (nSPS) is 14.5. The molecule has 0 aliphatic carbocycles. The molecule has 0 unspecified atom stereocenters. The van der Waals surface area contributed by atoms with Crippen LogP contribution < -0.4 is 10.5 Å². The van der Waals surface area contributed by atoms with Gasteiger partial charge in [0.2, 0.25) is 0 Å². The van der Waals surface area contributed by atoms with Crippen LogP contribution in [0.5, 0.6) is 5.75 Å². The zero-order valence-electron chi connectivity index (χ0n) is 14.7. The smallest absolute Gasteiger partial charge is 0.166 e. The fourth-order valence-corrected chi connectivity index (χ4v) is 2.70. The van der Waals surface area contributed by atoms with E-state index in [1.54, 1.807) is 24.3 Å². The number of hydrogen-bond acceptors (Lipinski definition) is 4. The Balaban J connectivity index is 1.50. The fraction of sp³-hybridized carbons (Fsp3) is 0.333. The quantitative estimate of drug-likeness (QED) is 0.510. The topological polar surface area (TPSA) is 47.7 Å². The van der Waals surface area contributed by atoms with E-state index in [1.807, 2.05) is 12.1 Å². The van der Waals surface area contributed by atoms with Crippen LogP contribution >= 0.6 is 0 Å². The van der Waals surface area contributed by atoms with E-state index >= 15 is 0 Å². The van der Waals surface area contributed by atoms with Crippen LogP contribution in [0.2, 0.25) is 0 Å². The summed E-state index contributed by atoms with van der Waals surface area (Å²) in [5.74, 6) is 5.83. The molecular weight excluding hydrogens is 331 g/mol. The van der Waals surface area contributed by atoms with Crippen LogP contribution in [0.4, 0.5) is 10.1 Å². The molecule has 2 aromatic carbocycles. The van der Waals surface area contributed by atoms with Crippen LogP contribution in [0.1, 0.15) is 17.5 Å². The van der Waals surface area contributed by atoms with Crippen LogP contribution in [0.25, 0.3) is 0 Å². The Morgan fingerprint density at radius 3 is 2.46 bits per heavy atom. The van der Waals surface area contributed by atoms with Crippen molar-refractivity contribution >= 4 is 5.69 Å². The van der Waals surface area contributed by atoms with Gasteiger partial charge in [-0.15, -0.1) is 0 Å². The molecule has 0 radical (unpaired) electrons. The predicted octanol–water partition coefficient (Wildman–Crippen LogP) is 2.91. The number of morpholine rings is 1. The van der Waals surface area contributed by atoms with Gasteiger partial charge in [0, 0.05) is 36.4 Å². The molecule has 1 heterocycles. The minimum absolute atomic E-state index is 0.269. The van der Waals surface area contributed by atoms with E-state index in [2.05, 4.69) is 16.7 Å². The molecular formula is C21H23FN2O2. The summed E-state index contributed by atoms with van der Waals surface area (Å²) in [7, 11) is 0. The third kappa shape index (κ3) is 5.48. The van der Waals surface area contributed by atoms with Gasteiger partial charge in [-0.3, -0.25) is 4.90 Å². The molecule has 1 saturated heterocycles. The Hall–Kier alpha value is -2.55. The number of nitrogen functional groups attached to an aromatic ring is 1. The Kier molecular flexibility index (Phi) is 6.48. The number of ether oxygens (including phenoxy) is 2. The van der Waals surface area contributed by atoms with Crippen LogP contribution in [0.15, 0.2) is 42.5 Å². The molecule has 1 fully saturated rings. The van der Waals surface area contributed by atoms with Gasteiger partial charge in [0.15, 0.2) is 11.6 Å². The van der Waals surface area contributed by atoms with Gasteiger partial charge in [0.05, 0.1) is 19.8 Å². The highest BCUT2D eigenvalue weighted by Gasteiger charge is 2.10. The molecule has 0 bridgehead atoms. The van der Waals surface area contributed by atoms with E-state index in [9.17, 15) is 4.39 Å². The van der Waals surface area contributed by atoms with Crippen LogP contribution in [-0.4, -0.2) is 44.4 Å². The summed E-state index contributed by atoms with van der Waals surface area (Å²) in [4.78, 5) is 2.33. The third-order valence-electron chi connectivity index (χ3n) is 4.17. The number of anilines is 1. The maximum absolute atomic E-state index is 14.2. The highest BCUT2D eigenvalue weighted by molar-refractivity contribution is 5.48. The molecule has 0 spiro atoms. The Morgan fingerprint density at radius 2 is 1.73 bits per heavy atom. The molecule has 0 amide bonds. The number of halogens is 1. The first kappa shape index (κ1) is 18.2. The highest BCUT2D eigenvalue weighted by Crippen LogP contribution is 2.18. The summed E-state index contributed by atoms with van der Waals surface area (Å²) >= 11 is 0. The van der Waals surface area contributed by atoms with E-state index in [0.29, 0.717) is 17.9 Å². The van der Waals surface area contributed by atoms with Crippen molar-refractivity contribution in [3.05, 3.63) is 59.4 Å². The molecule has 0 aromatic heterocycles. The van der Waals surface area contributed by atoms with Crippen molar-refractivity contribution in [2.45, 2.75) is 6.42 Å². The first-order chi connectivity index (χ1) is 12.7. The minimum Gasteiger partial charge on any atom is -0.490 e. The average molecular weight is 354 g/mol. The lowest BCUT2D eigenvalue weighted by atomic mass is 10.1. The van der Waals surface area contributed by atoms with Gasteiger partial charge >= 0.3 is 0 Å². The molecule has 0 atom stereocenters. The van der Waals surface area contributed by atoms with Gasteiger partial charge < -0.3 is 15.2 Å². The molecule has 2 N–H and O–H groups in total. The standard InChI is InChI=1S/C21H23FN2O2/c22-20-16-18(3-2-17-4-7-19(23)8-5-17)6-9-21(20)26-13-1-10-24-11-14-25-15-12-24/h4-9,16H,1,10-15,23H2. The van der Waals surface area contributed by atoms with E-state index in [4.69, 9.17) is 15.2 Å². The van der Waals surface area contributed by atoms with Crippen LogP contribution in [-0.2, 0) is 4.74 Å². The molecule has 5 heteroatoms. The molecule has 26 heavy (non-hydrogen) atoms. The van der Waals surface area contributed by atoms with E-state index in [-0.39, 0.29) is 11.6 Å². The average Bonchev–Trinajstić information content (AvgIpc) is 2.67. The second-order valence-corrected chi connectivity index (χ2v) is 6.17. The van der Waals surface area contributed by atoms with Gasteiger partial charge in [-0.2, -0.15) is 0 Å². The van der Waals surface area contributed by atoms with E-state index in [0.717, 1.165) is 44.8 Å². The monoisotopic (exact) mass is 354 g/mol. The van der Waals surface area contributed by atoms with Gasteiger partial charge in [0.1, 0.15) is 0 Å². The van der Waals surface area contributed by atoms with Crippen molar-refractivity contribution in [1.82, 2.24) is 4.90 Å². The van der Waals surface area contributed by atoms with Gasteiger partial charge in [-0.1, -0.05) is 11.8 Å². The zero-order chi connectivity index (χ0) is 18.2. The van der Waals surface area contributed by atoms with E-state index < -0.39 is 0 Å². The van der Waals surface area contributed by atoms with Crippen LogP contribution in [0, 0.1) is 17.7 Å². The molecule has 1 aliphatic heterocycles. The van der Waals surface area contributed by atoms with Gasteiger partial charge in [0.25, 0.3) is 0 Å². The largest absolute Gasteiger partial charge is 0.490 e. The Bertz CT molecular complexity index is 775. The zero-order valence-corrected chi connectivity index (χ0v) is 14.7. The van der Waals surface area contributed by atoms with Gasteiger partial charge in [-0.25, -0.2) is 4.39 Å². The summed E-state index contributed by atoms with van der Waals surface area (Å²) in [6.45, 7) is 4.91. The molecule has 2 aromatic rings. The predicted molar refractivity (Wildman–Crippen MR) is 101 cm³/mol. The van der Waals surface area contributed by atoms with Gasteiger partial charge in [-0.05, 0) is 48.9 Å². The minimum atomic E-state index is -0.388. The van der Waals surface area contributed by atoms with E-state index in [1.165, 1.54) is 6.07 Å². The number of hydrogen-bond donors (Lipinski definition) is 1. The van der Waals surface area contributed by atoms with Crippen molar-refractivity contribution in [2.24, 2.45) is 0 Å². The summed E-state index contributed by atoms with van der Waals surface area (Å²) in [6.07, 6.45) is 0.859. The van der Waals surface area contributed by atoms with Crippen molar-refractivity contribution < 1.29 is 13.9 Å². The first-order valence-corrected chi connectivity index (χ1v) is 8.81. The lowest BCUT2D eigenvalue weighted by Crippen LogP contribution is -2.37. The third-order valence-corrected chi connectivity index (χ3v) is 4.17. The number of rotatable bonds is 5. The SMILES string of the molecule is Nc1ccc(C#Cc2ccc(OCCCN3CCOCC3)c(F)c2)cc1. The van der Waals surface area contributed by atoms with Crippen LogP contribution in [0.3, 0.4) is 0 Å². The second kappa shape index (κ2) is 9.23. The fourth-order valence-electron chi connectivity index (χ4n) is 2.70. The second-order valence-electron chi connectivity index (χ2n) is 6.17. The van der Waals surface area contributed by atoms with Crippen molar-refractivity contribution in [1.29, 1.82) is 0 Å². The Morgan fingerprint density at radius 1 is 1.04 bits per heavy atom. The number of nitrogens with two attached hydrogens (primary N) is 1. The number of benzene rings is 2. The maximum atomic E-state index is 14.2. The molecule has 4 nitrogen and oxygen atoms in total. The number of nitrogens with zero attached hydrogens (tertiary/aromatic N) is 1. The summed E-state index contributed by atoms with van der Waals surface area (Å²) in [6, 6.07) is 12.1. The highest BCUT2D eigenvalue weighted by atomic mass is 19.1. The first-order valence-electron chi connectivity index (χ1n) is 8.81.